The van der Waals surface area contributed by atoms with Crippen LogP contribution < -0.4 is 20.1 Å². The maximum atomic E-state index is 12.4. The Kier molecular flexibility index (Phi) is 11.1. The van der Waals surface area contributed by atoms with E-state index in [4.69, 9.17) is 9.47 Å². The van der Waals surface area contributed by atoms with E-state index in [0.29, 0.717) is 43.3 Å². The highest BCUT2D eigenvalue weighted by Crippen LogP contribution is 2.32. The van der Waals surface area contributed by atoms with Crippen LogP contribution in [0.4, 0.5) is 0 Å². The molecule has 2 atom stereocenters. The summed E-state index contributed by atoms with van der Waals surface area (Å²) in [5, 5.41) is 6.69. The van der Waals surface area contributed by atoms with Crippen LogP contribution in [0.15, 0.2) is 18.2 Å². The largest absolute Gasteiger partial charge is 0.493 e. The zero-order valence-corrected chi connectivity index (χ0v) is 19.2. The first-order chi connectivity index (χ1) is 13.0. The van der Waals surface area contributed by atoms with E-state index in [9.17, 15) is 4.79 Å². The Balaban J connectivity index is 0.00000210. The molecule has 2 bridgehead atoms. The molecule has 29 heavy (non-hydrogen) atoms. The predicted octanol–water partition coefficient (Wildman–Crippen LogP) is 3.02. The number of hydrogen-bond donors (Lipinski definition) is 2. The number of halogens is 2. The van der Waals surface area contributed by atoms with Crippen LogP contribution in [0.5, 0.6) is 11.5 Å². The highest BCUT2D eigenvalue weighted by atomic mass is 35.5. The predicted molar refractivity (Wildman–Crippen MR) is 121 cm³/mol. The standard InChI is InChI=1S/C21H33N3O3.2ClH/c1-24(2)8-9-27-19-7-4-15(12-20(19)26-3)14-22-21(25)13-16-10-17-5-6-18(11-16)23-17;;/h4,7,12,16-18,23H,5-6,8-11,13-14H2,1-3H3,(H,22,25);2*1H. The zero-order chi connectivity index (χ0) is 19.2. The minimum absolute atomic E-state index is 0. The van der Waals surface area contributed by atoms with E-state index in [1.54, 1.807) is 7.11 Å². The Morgan fingerprint density at radius 3 is 2.48 bits per heavy atom. The lowest BCUT2D eigenvalue weighted by atomic mass is 9.89. The van der Waals surface area contributed by atoms with Crippen molar-refractivity contribution in [3.63, 3.8) is 0 Å². The van der Waals surface area contributed by atoms with Crippen LogP contribution >= 0.6 is 24.8 Å². The van der Waals surface area contributed by atoms with Gasteiger partial charge in [0.05, 0.1) is 7.11 Å². The number of benzene rings is 1. The first kappa shape index (κ1) is 25.8. The second kappa shape index (κ2) is 12.5. The number of rotatable bonds is 9. The third-order valence-corrected chi connectivity index (χ3v) is 5.56. The van der Waals surface area contributed by atoms with E-state index in [2.05, 4.69) is 15.5 Å². The monoisotopic (exact) mass is 447 g/mol. The number of amides is 1. The molecule has 3 rings (SSSR count). The Hall–Kier alpha value is -1.21. The first-order valence-electron chi connectivity index (χ1n) is 10.0. The van der Waals surface area contributed by atoms with Gasteiger partial charge in [-0.1, -0.05) is 6.07 Å². The molecule has 1 aromatic carbocycles. The van der Waals surface area contributed by atoms with Gasteiger partial charge in [0.25, 0.3) is 0 Å². The van der Waals surface area contributed by atoms with Gasteiger partial charge >= 0.3 is 0 Å². The number of piperidine rings is 1. The van der Waals surface area contributed by atoms with Gasteiger partial charge < -0.3 is 25.0 Å². The molecule has 2 heterocycles. The fourth-order valence-corrected chi connectivity index (χ4v) is 4.16. The Morgan fingerprint density at radius 2 is 1.86 bits per heavy atom. The highest BCUT2D eigenvalue weighted by Gasteiger charge is 2.34. The summed E-state index contributed by atoms with van der Waals surface area (Å²) in [6.07, 6.45) is 5.45. The van der Waals surface area contributed by atoms with E-state index < -0.39 is 0 Å². The normalized spacial score (nSPS) is 22.4. The van der Waals surface area contributed by atoms with E-state index in [1.807, 2.05) is 32.3 Å². The summed E-state index contributed by atoms with van der Waals surface area (Å²) in [5.74, 6) is 2.10. The second-order valence-corrected chi connectivity index (χ2v) is 8.09. The SMILES string of the molecule is COc1cc(CNC(=O)CC2CC3CCC(C2)N3)ccc1OCCN(C)C.Cl.Cl. The van der Waals surface area contributed by atoms with Gasteiger partial charge in [0.1, 0.15) is 6.61 Å². The molecule has 0 aromatic heterocycles. The molecule has 2 aliphatic rings. The van der Waals surface area contributed by atoms with Crippen LogP contribution in [-0.2, 0) is 11.3 Å². The summed E-state index contributed by atoms with van der Waals surface area (Å²) in [6.45, 7) is 1.97. The Labute approximate surface area is 186 Å². The molecule has 166 valence electrons. The van der Waals surface area contributed by atoms with E-state index in [-0.39, 0.29) is 30.7 Å². The van der Waals surface area contributed by atoms with Gasteiger partial charge in [-0.05, 0) is 63.4 Å². The van der Waals surface area contributed by atoms with E-state index in [0.717, 1.165) is 30.7 Å². The number of fused-ring (bicyclic) bond motifs is 2. The summed E-state index contributed by atoms with van der Waals surface area (Å²) in [6, 6.07) is 7.10. The Morgan fingerprint density at radius 1 is 1.17 bits per heavy atom. The quantitative estimate of drug-likeness (QED) is 0.608. The number of hydrogen-bond acceptors (Lipinski definition) is 5. The molecular formula is C21H35Cl2N3O3. The average molecular weight is 448 g/mol. The highest BCUT2D eigenvalue weighted by molar-refractivity contribution is 5.85. The van der Waals surface area contributed by atoms with Gasteiger partial charge in [-0.3, -0.25) is 4.79 Å². The van der Waals surface area contributed by atoms with Crippen molar-refractivity contribution in [2.75, 3.05) is 34.4 Å². The van der Waals surface area contributed by atoms with Crippen molar-refractivity contribution in [2.24, 2.45) is 5.92 Å². The van der Waals surface area contributed by atoms with Crippen molar-refractivity contribution in [3.8, 4) is 11.5 Å². The molecular weight excluding hydrogens is 413 g/mol. The van der Waals surface area contributed by atoms with E-state index in [1.165, 1.54) is 12.8 Å². The van der Waals surface area contributed by atoms with Crippen molar-refractivity contribution in [2.45, 2.75) is 50.7 Å². The number of methoxy groups -OCH3 is 1. The minimum Gasteiger partial charge on any atom is -0.493 e. The molecule has 8 heteroatoms. The smallest absolute Gasteiger partial charge is 0.220 e. The molecule has 1 aromatic rings. The molecule has 2 aliphatic heterocycles. The van der Waals surface area contributed by atoms with Crippen LogP contribution in [0.25, 0.3) is 0 Å². The molecule has 2 saturated heterocycles. The lowest BCUT2D eigenvalue weighted by Crippen LogP contribution is -2.39. The molecule has 2 fully saturated rings. The third kappa shape index (κ3) is 7.85. The summed E-state index contributed by atoms with van der Waals surface area (Å²) in [7, 11) is 5.67. The van der Waals surface area contributed by atoms with Crippen molar-refractivity contribution >= 4 is 30.7 Å². The first-order valence-corrected chi connectivity index (χ1v) is 10.0. The zero-order valence-electron chi connectivity index (χ0n) is 17.6. The molecule has 2 N–H and O–H groups in total. The molecule has 0 saturated carbocycles. The van der Waals surface area contributed by atoms with E-state index >= 15 is 0 Å². The van der Waals surface area contributed by atoms with Gasteiger partial charge in [-0.2, -0.15) is 0 Å². The van der Waals surface area contributed by atoms with Crippen molar-refractivity contribution in [1.82, 2.24) is 15.5 Å². The summed E-state index contributed by atoms with van der Waals surface area (Å²) >= 11 is 0. The molecule has 0 aliphatic carbocycles. The third-order valence-electron chi connectivity index (χ3n) is 5.56. The van der Waals surface area contributed by atoms with Crippen LogP contribution in [0.1, 0.15) is 37.7 Å². The molecule has 6 nitrogen and oxygen atoms in total. The Bertz CT molecular complexity index is 634. The van der Waals surface area contributed by atoms with Gasteiger partial charge in [-0.15, -0.1) is 24.8 Å². The summed E-state index contributed by atoms with van der Waals surface area (Å²) < 4.78 is 11.2. The molecule has 1 amide bonds. The minimum atomic E-state index is 0. The average Bonchev–Trinajstić information content (AvgIpc) is 2.98. The van der Waals surface area contributed by atoms with Crippen LogP contribution in [-0.4, -0.2) is 57.2 Å². The lowest BCUT2D eigenvalue weighted by Gasteiger charge is -2.28. The van der Waals surface area contributed by atoms with Crippen LogP contribution in [0.3, 0.4) is 0 Å². The fraction of sp³-hybridized carbons (Fsp3) is 0.667. The lowest BCUT2D eigenvalue weighted by molar-refractivity contribution is -0.122. The maximum Gasteiger partial charge on any atom is 0.220 e. The van der Waals surface area contributed by atoms with Crippen molar-refractivity contribution < 1.29 is 14.3 Å². The summed E-state index contributed by atoms with van der Waals surface area (Å²) in [5.41, 5.74) is 1.02. The second-order valence-electron chi connectivity index (χ2n) is 8.09. The number of ether oxygens (including phenoxy) is 2. The molecule has 0 radical (unpaired) electrons. The number of nitrogens with one attached hydrogen (secondary N) is 2. The van der Waals surface area contributed by atoms with Gasteiger partial charge in [0, 0.05) is 31.6 Å². The topological polar surface area (TPSA) is 62.8 Å². The number of carbonyl (C=O) groups excluding carboxylic acids is 1. The number of nitrogens with zero attached hydrogens (tertiary/aromatic N) is 1. The van der Waals surface area contributed by atoms with Crippen LogP contribution in [0, 0.1) is 5.92 Å². The van der Waals surface area contributed by atoms with Gasteiger partial charge in [0.15, 0.2) is 11.5 Å². The fourth-order valence-electron chi connectivity index (χ4n) is 4.16. The molecule has 0 spiro atoms. The number of likely N-dealkylation sites (N-methyl/N-ethyl adjacent to an activating group) is 1. The summed E-state index contributed by atoms with van der Waals surface area (Å²) in [4.78, 5) is 14.4. The number of carbonyl (C=O) groups is 1. The molecule has 2 unspecified atom stereocenters. The van der Waals surface area contributed by atoms with Crippen molar-refractivity contribution in [1.29, 1.82) is 0 Å². The van der Waals surface area contributed by atoms with Crippen molar-refractivity contribution in [3.05, 3.63) is 23.8 Å². The van der Waals surface area contributed by atoms with Crippen LogP contribution in [0.2, 0.25) is 0 Å². The van der Waals surface area contributed by atoms with Gasteiger partial charge in [-0.25, -0.2) is 0 Å². The van der Waals surface area contributed by atoms with Gasteiger partial charge in [0.2, 0.25) is 5.91 Å². The maximum absolute atomic E-state index is 12.4.